The van der Waals surface area contributed by atoms with E-state index < -0.39 is 0 Å². The Kier molecular flexibility index (Phi) is 5.03. The first-order valence-corrected chi connectivity index (χ1v) is 7.93. The molecule has 0 bridgehead atoms. The van der Waals surface area contributed by atoms with Crippen LogP contribution in [0.3, 0.4) is 0 Å². The fraction of sp³-hybridized carbons (Fsp3) is 0.562. The highest BCUT2D eigenvalue weighted by Crippen LogP contribution is 2.29. The predicted octanol–water partition coefficient (Wildman–Crippen LogP) is 3.53. The van der Waals surface area contributed by atoms with Crippen molar-refractivity contribution in [2.45, 2.75) is 44.4 Å². The molecule has 0 saturated heterocycles. The van der Waals surface area contributed by atoms with Crippen molar-refractivity contribution in [1.82, 2.24) is 5.32 Å². The van der Waals surface area contributed by atoms with Crippen LogP contribution >= 0.6 is 15.9 Å². The zero-order valence-electron chi connectivity index (χ0n) is 11.7. The van der Waals surface area contributed by atoms with Crippen molar-refractivity contribution >= 4 is 21.8 Å². The summed E-state index contributed by atoms with van der Waals surface area (Å²) < 4.78 is 0. The third kappa shape index (κ3) is 4.34. The average molecular weight is 324 g/mol. The lowest BCUT2D eigenvalue weighted by Crippen LogP contribution is -2.29. The summed E-state index contributed by atoms with van der Waals surface area (Å²) in [5.74, 6) is 0.786. The molecular weight excluding hydrogens is 302 g/mol. The smallest absolute Gasteiger partial charge is 0.224 e. The third-order valence-electron chi connectivity index (χ3n) is 4.00. The van der Waals surface area contributed by atoms with E-state index >= 15 is 0 Å². The SMILES string of the molecule is Cc1ccc(CC(=O)NCC2CCC(Br)C2)cc1C. The van der Waals surface area contributed by atoms with Crippen LogP contribution in [0, 0.1) is 19.8 Å². The van der Waals surface area contributed by atoms with E-state index in [1.165, 1.54) is 30.4 Å². The molecule has 1 aromatic carbocycles. The summed E-state index contributed by atoms with van der Waals surface area (Å²) in [5, 5.41) is 3.07. The van der Waals surface area contributed by atoms with E-state index in [4.69, 9.17) is 0 Å². The van der Waals surface area contributed by atoms with Crippen molar-refractivity contribution < 1.29 is 4.79 Å². The van der Waals surface area contributed by atoms with Crippen LogP contribution in [0.1, 0.15) is 36.0 Å². The van der Waals surface area contributed by atoms with Crippen molar-refractivity contribution in [3.8, 4) is 0 Å². The van der Waals surface area contributed by atoms with Crippen molar-refractivity contribution in [2.24, 2.45) is 5.92 Å². The molecule has 2 nitrogen and oxygen atoms in total. The van der Waals surface area contributed by atoms with Gasteiger partial charge in [0.2, 0.25) is 5.91 Å². The number of benzene rings is 1. The van der Waals surface area contributed by atoms with Crippen LogP contribution in [0.2, 0.25) is 0 Å². The van der Waals surface area contributed by atoms with E-state index in [1.54, 1.807) is 0 Å². The zero-order valence-corrected chi connectivity index (χ0v) is 13.3. The van der Waals surface area contributed by atoms with E-state index in [0.717, 1.165) is 12.1 Å². The van der Waals surface area contributed by atoms with Gasteiger partial charge in [0.25, 0.3) is 0 Å². The van der Waals surface area contributed by atoms with E-state index in [2.05, 4.69) is 47.2 Å². The molecule has 2 atom stereocenters. The molecule has 3 heteroatoms. The average Bonchev–Trinajstić information content (AvgIpc) is 2.77. The van der Waals surface area contributed by atoms with Gasteiger partial charge in [-0.05, 0) is 55.7 Å². The lowest BCUT2D eigenvalue weighted by molar-refractivity contribution is -0.120. The number of hydrogen-bond donors (Lipinski definition) is 1. The maximum atomic E-state index is 11.9. The number of halogens is 1. The molecule has 0 spiro atoms. The van der Waals surface area contributed by atoms with Crippen LogP contribution in [0.25, 0.3) is 0 Å². The summed E-state index contributed by atoms with van der Waals surface area (Å²) in [5.41, 5.74) is 3.63. The predicted molar refractivity (Wildman–Crippen MR) is 82.7 cm³/mol. The number of rotatable bonds is 4. The van der Waals surface area contributed by atoms with E-state index in [1.807, 2.05) is 6.07 Å². The molecule has 1 N–H and O–H groups in total. The van der Waals surface area contributed by atoms with Gasteiger partial charge in [-0.15, -0.1) is 0 Å². The van der Waals surface area contributed by atoms with Crippen LogP contribution in [-0.2, 0) is 11.2 Å². The van der Waals surface area contributed by atoms with Gasteiger partial charge in [0.15, 0.2) is 0 Å². The molecule has 1 aliphatic rings. The van der Waals surface area contributed by atoms with Crippen molar-refractivity contribution in [1.29, 1.82) is 0 Å². The standard InChI is InChI=1S/C16H22BrNO/c1-11-3-4-13(7-12(11)2)9-16(19)18-10-14-5-6-15(17)8-14/h3-4,7,14-15H,5-6,8-10H2,1-2H3,(H,18,19). The molecule has 0 aliphatic heterocycles. The largest absolute Gasteiger partial charge is 0.356 e. The zero-order chi connectivity index (χ0) is 13.8. The van der Waals surface area contributed by atoms with Gasteiger partial charge in [-0.25, -0.2) is 0 Å². The minimum absolute atomic E-state index is 0.140. The van der Waals surface area contributed by atoms with Crippen molar-refractivity contribution in [2.75, 3.05) is 6.54 Å². The maximum Gasteiger partial charge on any atom is 0.224 e. The highest BCUT2D eigenvalue weighted by atomic mass is 79.9. The fourth-order valence-corrected chi connectivity index (χ4v) is 3.41. The topological polar surface area (TPSA) is 29.1 Å². The number of hydrogen-bond acceptors (Lipinski definition) is 1. The van der Waals surface area contributed by atoms with Gasteiger partial charge in [0.1, 0.15) is 0 Å². The second kappa shape index (κ2) is 6.56. The summed E-state index contributed by atoms with van der Waals surface area (Å²) in [7, 11) is 0. The maximum absolute atomic E-state index is 11.9. The Morgan fingerprint density at radius 2 is 2.11 bits per heavy atom. The van der Waals surface area contributed by atoms with Crippen LogP contribution in [-0.4, -0.2) is 17.3 Å². The second-order valence-electron chi connectivity index (χ2n) is 5.68. The van der Waals surface area contributed by atoms with Gasteiger partial charge < -0.3 is 5.32 Å². The lowest BCUT2D eigenvalue weighted by atomic mass is 10.0. The summed E-state index contributed by atoms with van der Waals surface area (Å²) >= 11 is 3.64. The Morgan fingerprint density at radius 3 is 2.74 bits per heavy atom. The molecule has 104 valence electrons. The fourth-order valence-electron chi connectivity index (χ4n) is 2.62. The van der Waals surface area contributed by atoms with Crippen LogP contribution in [0.5, 0.6) is 0 Å². The molecule has 1 fully saturated rings. The highest BCUT2D eigenvalue weighted by molar-refractivity contribution is 9.09. The molecule has 1 saturated carbocycles. The Labute approximate surface area is 124 Å². The number of nitrogens with one attached hydrogen (secondary N) is 1. The molecule has 1 aliphatic carbocycles. The molecule has 0 heterocycles. The first-order valence-electron chi connectivity index (χ1n) is 7.01. The Bertz CT molecular complexity index is 458. The molecule has 1 amide bonds. The van der Waals surface area contributed by atoms with Gasteiger partial charge in [0, 0.05) is 11.4 Å². The molecule has 2 rings (SSSR count). The molecular formula is C16H22BrNO. The van der Waals surface area contributed by atoms with Gasteiger partial charge in [-0.3, -0.25) is 4.79 Å². The van der Waals surface area contributed by atoms with Gasteiger partial charge >= 0.3 is 0 Å². The Hall–Kier alpha value is -0.830. The van der Waals surface area contributed by atoms with Gasteiger partial charge in [-0.2, -0.15) is 0 Å². The van der Waals surface area contributed by atoms with Crippen LogP contribution in [0.4, 0.5) is 0 Å². The molecule has 2 unspecified atom stereocenters. The number of aryl methyl sites for hydroxylation is 2. The third-order valence-corrected chi connectivity index (χ3v) is 4.83. The molecule has 0 aromatic heterocycles. The van der Waals surface area contributed by atoms with Gasteiger partial charge in [-0.1, -0.05) is 34.1 Å². The molecule has 0 radical (unpaired) electrons. The molecule has 1 aromatic rings. The monoisotopic (exact) mass is 323 g/mol. The summed E-state index contributed by atoms with van der Waals surface area (Å²) in [6.07, 6.45) is 4.13. The highest BCUT2D eigenvalue weighted by Gasteiger charge is 2.22. The summed E-state index contributed by atoms with van der Waals surface area (Å²) in [6, 6.07) is 6.25. The lowest BCUT2D eigenvalue weighted by Gasteiger charge is -2.11. The Morgan fingerprint density at radius 1 is 1.32 bits per heavy atom. The van der Waals surface area contributed by atoms with Crippen molar-refractivity contribution in [3.05, 3.63) is 34.9 Å². The number of amides is 1. The van der Waals surface area contributed by atoms with Crippen molar-refractivity contribution in [3.63, 3.8) is 0 Å². The summed E-state index contributed by atoms with van der Waals surface area (Å²) in [4.78, 5) is 12.6. The summed E-state index contributed by atoms with van der Waals surface area (Å²) in [6.45, 7) is 5.01. The van der Waals surface area contributed by atoms with E-state index in [9.17, 15) is 4.79 Å². The minimum Gasteiger partial charge on any atom is -0.356 e. The van der Waals surface area contributed by atoms with Crippen LogP contribution < -0.4 is 5.32 Å². The second-order valence-corrected chi connectivity index (χ2v) is 6.97. The Balaban J connectivity index is 1.79. The first kappa shape index (κ1) is 14.6. The number of carbonyl (C=O) groups excluding carboxylic acids is 1. The minimum atomic E-state index is 0.140. The van der Waals surface area contributed by atoms with E-state index in [-0.39, 0.29) is 5.91 Å². The first-order chi connectivity index (χ1) is 9.04. The molecule has 19 heavy (non-hydrogen) atoms. The van der Waals surface area contributed by atoms with Crippen LogP contribution in [0.15, 0.2) is 18.2 Å². The van der Waals surface area contributed by atoms with Gasteiger partial charge in [0.05, 0.1) is 6.42 Å². The quantitative estimate of drug-likeness (QED) is 0.844. The van der Waals surface area contributed by atoms with E-state index in [0.29, 0.717) is 17.2 Å². The number of carbonyl (C=O) groups is 1. The normalized spacial score (nSPS) is 22.5. The number of alkyl halides is 1.